The van der Waals surface area contributed by atoms with E-state index >= 15 is 0 Å². The van der Waals surface area contributed by atoms with Gasteiger partial charge >= 0.3 is 0 Å². The zero-order chi connectivity index (χ0) is 16.2. The van der Waals surface area contributed by atoms with E-state index in [1.807, 2.05) is 42.6 Å². The molecule has 1 unspecified atom stereocenters. The number of hydrogen-bond donors (Lipinski definition) is 3. The second-order valence-corrected chi connectivity index (χ2v) is 5.39. The summed E-state index contributed by atoms with van der Waals surface area (Å²) in [5.74, 6) is 0.469. The molecule has 4 N–H and O–H groups in total. The molecular weight excluding hydrogens is 290 g/mol. The van der Waals surface area contributed by atoms with Crippen molar-refractivity contribution in [1.29, 1.82) is 0 Å². The summed E-state index contributed by atoms with van der Waals surface area (Å²) < 4.78 is 5.14. The Morgan fingerprint density at radius 1 is 1.26 bits per heavy atom. The van der Waals surface area contributed by atoms with Crippen molar-refractivity contribution >= 4 is 22.5 Å². The van der Waals surface area contributed by atoms with Crippen molar-refractivity contribution in [2.45, 2.75) is 12.5 Å². The third-order valence-corrected chi connectivity index (χ3v) is 3.79. The van der Waals surface area contributed by atoms with Crippen molar-refractivity contribution in [1.82, 2.24) is 4.98 Å². The number of benzene rings is 2. The minimum atomic E-state index is -0.625. The predicted molar refractivity (Wildman–Crippen MR) is 91.6 cm³/mol. The smallest absolute Gasteiger partial charge is 0.241 e. The van der Waals surface area contributed by atoms with Crippen molar-refractivity contribution in [3.8, 4) is 5.75 Å². The fourth-order valence-corrected chi connectivity index (χ4v) is 2.57. The first-order chi connectivity index (χ1) is 11.2. The van der Waals surface area contributed by atoms with E-state index in [2.05, 4.69) is 10.3 Å². The van der Waals surface area contributed by atoms with Crippen LogP contribution in [-0.4, -0.2) is 24.0 Å². The average Bonchev–Trinajstić information content (AvgIpc) is 2.98. The van der Waals surface area contributed by atoms with E-state index in [-0.39, 0.29) is 5.91 Å². The van der Waals surface area contributed by atoms with E-state index in [1.54, 1.807) is 19.2 Å². The standard InChI is InChI=1S/C18H19N3O2/c1-23-14-6-4-5-13(10-14)21-18(22)16(19)9-12-11-20-17-8-3-2-7-15(12)17/h2-8,10-11,16,20H,9,19H2,1H3,(H,21,22). The third kappa shape index (κ3) is 3.35. The van der Waals surface area contributed by atoms with Crippen molar-refractivity contribution in [3.05, 3.63) is 60.3 Å². The van der Waals surface area contributed by atoms with Crippen LogP contribution >= 0.6 is 0 Å². The molecule has 0 aliphatic rings. The Morgan fingerprint density at radius 3 is 2.91 bits per heavy atom. The molecule has 3 aromatic rings. The number of fused-ring (bicyclic) bond motifs is 1. The molecule has 0 bridgehead atoms. The van der Waals surface area contributed by atoms with Gasteiger partial charge in [-0.1, -0.05) is 24.3 Å². The molecule has 118 valence electrons. The molecule has 0 aliphatic heterocycles. The Hall–Kier alpha value is -2.79. The molecule has 1 atom stereocenters. The number of anilines is 1. The highest BCUT2D eigenvalue weighted by Gasteiger charge is 2.16. The number of methoxy groups -OCH3 is 1. The van der Waals surface area contributed by atoms with E-state index < -0.39 is 6.04 Å². The molecule has 1 heterocycles. The van der Waals surface area contributed by atoms with Gasteiger partial charge in [-0.05, 0) is 30.2 Å². The van der Waals surface area contributed by atoms with E-state index in [4.69, 9.17) is 10.5 Å². The van der Waals surface area contributed by atoms with Gasteiger partial charge in [0.2, 0.25) is 5.91 Å². The van der Waals surface area contributed by atoms with Crippen molar-refractivity contribution in [2.24, 2.45) is 5.73 Å². The summed E-state index contributed by atoms with van der Waals surface area (Å²) in [6, 6.07) is 14.5. The minimum absolute atomic E-state index is 0.219. The molecule has 0 radical (unpaired) electrons. The average molecular weight is 309 g/mol. The molecule has 2 aromatic carbocycles. The highest BCUT2D eigenvalue weighted by Crippen LogP contribution is 2.20. The summed E-state index contributed by atoms with van der Waals surface area (Å²) in [5.41, 5.74) is 8.81. The number of aromatic nitrogens is 1. The van der Waals surface area contributed by atoms with Gasteiger partial charge in [-0.15, -0.1) is 0 Å². The Morgan fingerprint density at radius 2 is 2.09 bits per heavy atom. The zero-order valence-electron chi connectivity index (χ0n) is 12.9. The quantitative estimate of drug-likeness (QED) is 0.678. The lowest BCUT2D eigenvalue weighted by Crippen LogP contribution is -2.37. The summed E-state index contributed by atoms with van der Waals surface area (Å²) in [5, 5.41) is 3.92. The van der Waals surface area contributed by atoms with Crippen molar-refractivity contribution < 1.29 is 9.53 Å². The Balaban J connectivity index is 1.70. The first-order valence-corrected chi connectivity index (χ1v) is 7.43. The largest absolute Gasteiger partial charge is 0.497 e. The van der Waals surface area contributed by atoms with Crippen LogP contribution in [0.3, 0.4) is 0 Å². The fourth-order valence-electron chi connectivity index (χ4n) is 2.57. The number of H-pyrrole nitrogens is 1. The third-order valence-electron chi connectivity index (χ3n) is 3.79. The lowest BCUT2D eigenvalue weighted by molar-refractivity contribution is -0.117. The van der Waals surface area contributed by atoms with Crippen LogP contribution in [0.25, 0.3) is 10.9 Å². The van der Waals surface area contributed by atoms with Gasteiger partial charge < -0.3 is 20.8 Å². The molecule has 3 rings (SSSR count). The number of amides is 1. The monoisotopic (exact) mass is 309 g/mol. The van der Waals surface area contributed by atoms with Gasteiger partial charge in [0, 0.05) is 28.9 Å². The fraction of sp³-hybridized carbons (Fsp3) is 0.167. The van der Waals surface area contributed by atoms with Gasteiger partial charge in [-0.2, -0.15) is 0 Å². The van der Waals surface area contributed by atoms with Crippen molar-refractivity contribution in [3.63, 3.8) is 0 Å². The van der Waals surface area contributed by atoms with Gasteiger partial charge in [0.05, 0.1) is 13.2 Å². The SMILES string of the molecule is COc1cccc(NC(=O)C(N)Cc2c[nH]c3ccccc23)c1. The lowest BCUT2D eigenvalue weighted by atomic mass is 10.0. The van der Waals surface area contributed by atoms with Crippen LogP contribution in [0.5, 0.6) is 5.75 Å². The Labute approximate surface area is 134 Å². The molecule has 1 aromatic heterocycles. The van der Waals surface area contributed by atoms with Gasteiger partial charge in [0.25, 0.3) is 0 Å². The van der Waals surface area contributed by atoms with Crippen LogP contribution in [0.4, 0.5) is 5.69 Å². The second-order valence-electron chi connectivity index (χ2n) is 5.39. The predicted octanol–water partition coefficient (Wildman–Crippen LogP) is 2.69. The van der Waals surface area contributed by atoms with E-state index in [0.29, 0.717) is 17.9 Å². The van der Waals surface area contributed by atoms with E-state index in [1.165, 1.54) is 0 Å². The van der Waals surface area contributed by atoms with Gasteiger partial charge in [0.1, 0.15) is 5.75 Å². The molecule has 0 saturated heterocycles. The summed E-state index contributed by atoms with van der Waals surface area (Å²) in [6.45, 7) is 0. The second kappa shape index (κ2) is 6.54. The molecule has 23 heavy (non-hydrogen) atoms. The maximum absolute atomic E-state index is 12.3. The number of aromatic amines is 1. The number of nitrogens with one attached hydrogen (secondary N) is 2. The zero-order valence-corrected chi connectivity index (χ0v) is 12.9. The summed E-state index contributed by atoms with van der Waals surface area (Å²) in [6.07, 6.45) is 2.38. The first kappa shape index (κ1) is 15.1. The van der Waals surface area contributed by atoms with E-state index in [9.17, 15) is 4.79 Å². The topological polar surface area (TPSA) is 80.1 Å². The van der Waals surface area contributed by atoms with Crippen molar-refractivity contribution in [2.75, 3.05) is 12.4 Å². The highest BCUT2D eigenvalue weighted by molar-refractivity contribution is 5.95. The molecule has 0 spiro atoms. The number of hydrogen-bond acceptors (Lipinski definition) is 3. The molecule has 5 heteroatoms. The highest BCUT2D eigenvalue weighted by atomic mass is 16.5. The molecule has 1 amide bonds. The number of carbonyl (C=O) groups is 1. The number of rotatable bonds is 5. The summed E-state index contributed by atoms with van der Waals surface area (Å²) in [4.78, 5) is 15.5. The molecule has 5 nitrogen and oxygen atoms in total. The lowest BCUT2D eigenvalue weighted by Gasteiger charge is -2.12. The van der Waals surface area contributed by atoms with Crippen LogP contribution < -0.4 is 15.8 Å². The summed E-state index contributed by atoms with van der Waals surface area (Å²) in [7, 11) is 1.59. The Bertz CT molecular complexity index is 826. The van der Waals surface area contributed by atoms with Crippen LogP contribution in [0.2, 0.25) is 0 Å². The molecule has 0 fully saturated rings. The molecule has 0 aliphatic carbocycles. The van der Waals surface area contributed by atoms with Crippen LogP contribution in [0, 0.1) is 0 Å². The maximum atomic E-state index is 12.3. The Kier molecular flexibility index (Phi) is 4.30. The number of ether oxygens (including phenoxy) is 1. The molecule has 0 saturated carbocycles. The summed E-state index contributed by atoms with van der Waals surface area (Å²) >= 11 is 0. The van der Waals surface area contributed by atoms with Crippen LogP contribution in [0.15, 0.2) is 54.7 Å². The van der Waals surface area contributed by atoms with Crippen LogP contribution in [0.1, 0.15) is 5.56 Å². The first-order valence-electron chi connectivity index (χ1n) is 7.43. The number of nitrogens with two attached hydrogens (primary N) is 1. The minimum Gasteiger partial charge on any atom is -0.497 e. The number of carbonyl (C=O) groups excluding carboxylic acids is 1. The maximum Gasteiger partial charge on any atom is 0.241 e. The van der Waals surface area contributed by atoms with Gasteiger partial charge in [-0.3, -0.25) is 4.79 Å². The number of para-hydroxylation sites is 1. The van der Waals surface area contributed by atoms with Gasteiger partial charge in [-0.25, -0.2) is 0 Å². The molecular formula is C18H19N3O2. The van der Waals surface area contributed by atoms with E-state index in [0.717, 1.165) is 16.5 Å². The normalized spacial score (nSPS) is 12.1. The van der Waals surface area contributed by atoms with Gasteiger partial charge in [0.15, 0.2) is 0 Å². The van der Waals surface area contributed by atoms with Crippen LogP contribution in [-0.2, 0) is 11.2 Å².